The molecule has 10 nitrogen and oxygen atoms in total. The van der Waals surface area contributed by atoms with Gasteiger partial charge >= 0.3 is 0 Å². The summed E-state index contributed by atoms with van der Waals surface area (Å²) < 4.78 is 9.71. The van der Waals surface area contributed by atoms with Crippen molar-refractivity contribution in [1.29, 1.82) is 0 Å². The van der Waals surface area contributed by atoms with Crippen molar-refractivity contribution in [3.8, 4) is 5.75 Å². The molecule has 0 saturated carbocycles. The summed E-state index contributed by atoms with van der Waals surface area (Å²) >= 11 is 1.63. The lowest BCUT2D eigenvalue weighted by atomic mass is 10.1. The lowest BCUT2D eigenvalue weighted by Crippen LogP contribution is -2.45. The lowest BCUT2D eigenvalue weighted by molar-refractivity contribution is 0.102. The normalized spacial score (nSPS) is 14.8. The van der Waals surface area contributed by atoms with Crippen LogP contribution in [-0.2, 0) is 6.54 Å². The number of nitrogens with one attached hydrogen (secondary N) is 1. The van der Waals surface area contributed by atoms with Gasteiger partial charge in [-0.2, -0.15) is 5.10 Å². The smallest absolute Gasteiger partial charge is 0.274 e. The topological polar surface area (TPSA) is 92.8 Å². The summed E-state index contributed by atoms with van der Waals surface area (Å²) in [5, 5.41) is 11.8. The average molecular weight is 545 g/mol. The highest BCUT2D eigenvalue weighted by molar-refractivity contribution is 7.09. The van der Waals surface area contributed by atoms with Crippen molar-refractivity contribution in [2.45, 2.75) is 20.4 Å². The van der Waals surface area contributed by atoms with E-state index in [9.17, 15) is 4.79 Å². The molecule has 0 radical (unpaired) electrons. The van der Waals surface area contributed by atoms with Crippen molar-refractivity contribution in [2.24, 2.45) is 0 Å². The molecule has 0 spiro atoms. The summed E-state index contributed by atoms with van der Waals surface area (Å²) in [7, 11) is 2.16. The third-order valence-electron chi connectivity index (χ3n) is 7.17. The van der Waals surface area contributed by atoms with Gasteiger partial charge in [-0.3, -0.25) is 18.8 Å². The zero-order chi connectivity index (χ0) is 26.9. The molecule has 0 unspecified atom stereocenters. The SMILES string of the molecule is Cc1nc(Cn2nc(C)c3c(NC(=O)c4cnc5cc(OCCN6CCN(C)CC6)ccn45)cccc32)cs1. The van der Waals surface area contributed by atoms with E-state index in [0.717, 1.165) is 71.5 Å². The van der Waals surface area contributed by atoms with Crippen LogP contribution in [0.2, 0.25) is 0 Å². The van der Waals surface area contributed by atoms with E-state index in [1.807, 2.05) is 55.1 Å². The molecule has 1 aromatic carbocycles. The molecule has 1 aliphatic heterocycles. The fourth-order valence-corrected chi connectivity index (χ4v) is 5.65. The summed E-state index contributed by atoms with van der Waals surface area (Å²) in [6, 6.07) is 9.61. The first-order chi connectivity index (χ1) is 18.9. The highest BCUT2D eigenvalue weighted by atomic mass is 32.1. The Labute approximate surface area is 230 Å². The summed E-state index contributed by atoms with van der Waals surface area (Å²) in [5.74, 6) is 0.512. The van der Waals surface area contributed by atoms with Gasteiger partial charge in [-0.15, -0.1) is 11.3 Å². The van der Waals surface area contributed by atoms with E-state index in [0.29, 0.717) is 24.5 Å². The van der Waals surface area contributed by atoms with Crippen LogP contribution in [0.15, 0.2) is 48.1 Å². The highest BCUT2D eigenvalue weighted by Crippen LogP contribution is 2.28. The molecule has 5 aromatic rings. The van der Waals surface area contributed by atoms with Gasteiger partial charge in [-0.25, -0.2) is 9.97 Å². The molecular weight excluding hydrogens is 512 g/mol. The Hall–Kier alpha value is -3.80. The number of imidazole rings is 1. The van der Waals surface area contributed by atoms with Crippen LogP contribution in [0.4, 0.5) is 5.69 Å². The van der Waals surface area contributed by atoms with Crippen molar-refractivity contribution in [3.63, 3.8) is 0 Å². The van der Waals surface area contributed by atoms with Crippen LogP contribution in [0.5, 0.6) is 5.75 Å². The number of pyridine rings is 1. The van der Waals surface area contributed by atoms with E-state index >= 15 is 0 Å². The molecule has 1 saturated heterocycles. The molecule has 0 bridgehead atoms. The molecule has 6 rings (SSSR count). The highest BCUT2D eigenvalue weighted by Gasteiger charge is 2.18. The van der Waals surface area contributed by atoms with Crippen LogP contribution in [0, 0.1) is 13.8 Å². The van der Waals surface area contributed by atoms with E-state index in [1.54, 1.807) is 21.9 Å². The number of hydrogen-bond acceptors (Lipinski definition) is 8. The molecular formula is C28H32N8O2S. The number of anilines is 1. The Bertz CT molecular complexity index is 1630. The van der Waals surface area contributed by atoms with Gasteiger partial charge in [0, 0.05) is 55.8 Å². The van der Waals surface area contributed by atoms with Crippen molar-refractivity contribution in [1.82, 2.24) is 33.9 Å². The summed E-state index contributed by atoms with van der Waals surface area (Å²) in [6.07, 6.45) is 3.43. The minimum Gasteiger partial charge on any atom is -0.492 e. The van der Waals surface area contributed by atoms with Crippen molar-refractivity contribution in [2.75, 3.05) is 51.7 Å². The Kier molecular flexibility index (Phi) is 7.03. The minimum absolute atomic E-state index is 0.235. The number of ether oxygens (including phenoxy) is 1. The quantitative estimate of drug-likeness (QED) is 0.319. The fourth-order valence-electron chi connectivity index (χ4n) is 5.05. The van der Waals surface area contributed by atoms with E-state index in [-0.39, 0.29) is 5.91 Å². The number of piperazine rings is 1. The fraction of sp³-hybridized carbons (Fsp3) is 0.357. The van der Waals surface area contributed by atoms with Crippen LogP contribution in [0.25, 0.3) is 16.6 Å². The number of thiazole rings is 1. The summed E-state index contributed by atoms with van der Waals surface area (Å²) in [6.45, 7) is 10.4. The number of hydrogen-bond donors (Lipinski definition) is 1. The van der Waals surface area contributed by atoms with Gasteiger partial charge in [0.25, 0.3) is 5.91 Å². The van der Waals surface area contributed by atoms with Crippen LogP contribution in [0.3, 0.4) is 0 Å². The van der Waals surface area contributed by atoms with E-state index < -0.39 is 0 Å². The summed E-state index contributed by atoms with van der Waals surface area (Å²) in [5.41, 5.74) is 4.61. The van der Waals surface area contributed by atoms with Crippen LogP contribution in [-0.4, -0.2) is 86.2 Å². The van der Waals surface area contributed by atoms with E-state index in [4.69, 9.17) is 9.84 Å². The van der Waals surface area contributed by atoms with E-state index in [2.05, 4.69) is 37.5 Å². The van der Waals surface area contributed by atoms with Gasteiger partial charge < -0.3 is 15.0 Å². The molecule has 39 heavy (non-hydrogen) atoms. The second kappa shape index (κ2) is 10.8. The minimum atomic E-state index is -0.235. The molecule has 202 valence electrons. The predicted octanol–water partition coefficient (Wildman–Crippen LogP) is 3.68. The van der Waals surface area contributed by atoms with E-state index in [1.165, 1.54) is 0 Å². The Balaban J connectivity index is 1.15. The average Bonchev–Trinajstić information content (AvgIpc) is 3.62. The second-order valence-corrected chi connectivity index (χ2v) is 11.0. The maximum Gasteiger partial charge on any atom is 0.274 e. The maximum atomic E-state index is 13.4. The number of carbonyl (C=O) groups excluding carboxylic acids is 1. The van der Waals surface area contributed by atoms with Crippen molar-refractivity contribution >= 4 is 39.5 Å². The van der Waals surface area contributed by atoms with Crippen LogP contribution < -0.4 is 10.1 Å². The first-order valence-electron chi connectivity index (χ1n) is 13.1. The molecule has 11 heteroatoms. The molecule has 0 aliphatic carbocycles. The second-order valence-electron chi connectivity index (χ2n) is 9.98. The Morgan fingerprint density at radius 1 is 1.15 bits per heavy atom. The number of carbonyl (C=O) groups is 1. The monoisotopic (exact) mass is 544 g/mol. The number of rotatable bonds is 8. The first-order valence-corrected chi connectivity index (χ1v) is 14.0. The number of aromatic nitrogens is 5. The molecule has 5 heterocycles. The summed E-state index contributed by atoms with van der Waals surface area (Å²) in [4.78, 5) is 27.1. The van der Waals surface area contributed by atoms with Crippen molar-refractivity contribution < 1.29 is 9.53 Å². The van der Waals surface area contributed by atoms with Gasteiger partial charge in [-0.1, -0.05) is 6.07 Å². The number of likely N-dealkylation sites (N-methyl/N-ethyl adjacent to an activating group) is 1. The molecule has 0 atom stereocenters. The van der Waals surface area contributed by atoms with Crippen LogP contribution >= 0.6 is 11.3 Å². The number of amides is 1. The van der Waals surface area contributed by atoms with Gasteiger partial charge in [0.05, 0.1) is 40.3 Å². The number of benzene rings is 1. The van der Waals surface area contributed by atoms with Crippen molar-refractivity contribution in [3.05, 3.63) is 70.2 Å². The molecule has 1 aliphatic rings. The molecule has 4 aromatic heterocycles. The standard InChI is InChI=1S/C28H32N8O2S/c1-19-27-23(5-4-6-24(27)36(32-19)17-21-18-39-20(2)30-21)31-28(37)25-16-29-26-15-22(7-8-35(25)26)38-14-13-34-11-9-33(3)10-12-34/h4-8,15-16,18H,9-14,17H2,1-3H3,(H,31,37). The third-order valence-corrected chi connectivity index (χ3v) is 7.99. The first kappa shape index (κ1) is 25.5. The number of nitrogens with zero attached hydrogens (tertiary/aromatic N) is 7. The maximum absolute atomic E-state index is 13.4. The zero-order valence-electron chi connectivity index (χ0n) is 22.4. The zero-order valence-corrected chi connectivity index (χ0v) is 23.2. The largest absolute Gasteiger partial charge is 0.492 e. The number of aryl methyl sites for hydroxylation is 2. The number of fused-ring (bicyclic) bond motifs is 2. The van der Waals surface area contributed by atoms with Gasteiger partial charge in [0.15, 0.2) is 0 Å². The van der Waals surface area contributed by atoms with Crippen LogP contribution in [0.1, 0.15) is 26.9 Å². The third kappa shape index (κ3) is 5.38. The molecule has 1 fully saturated rings. The predicted molar refractivity (Wildman–Crippen MR) is 153 cm³/mol. The Morgan fingerprint density at radius 2 is 2.00 bits per heavy atom. The molecule has 1 amide bonds. The van der Waals surface area contributed by atoms with Gasteiger partial charge in [0.2, 0.25) is 0 Å². The van der Waals surface area contributed by atoms with Gasteiger partial charge in [0.1, 0.15) is 23.7 Å². The van der Waals surface area contributed by atoms with Gasteiger partial charge in [-0.05, 0) is 39.1 Å². The Morgan fingerprint density at radius 3 is 2.79 bits per heavy atom. The molecule has 1 N–H and O–H groups in total. The lowest BCUT2D eigenvalue weighted by Gasteiger charge is -2.32.